The Morgan fingerprint density at radius 1 is 1.33 bits per heavy atom. The van der Waals surface area contributed by atoms with E-state index in [0.29, 0.717) is 5.56 Å². The van der Waals surface area contributed by atoms with E-state index in [-0.39, 0.29) is 18.3 Å². The van der Waals surface area contributed by atoms with E-state index < -0.39 is 18.4 Å². The van der Waals surface area contributed by atoms with E-state index >= 15 is 0 Å². The largest absolute Gasteiger partial charge is 0.390 e. The molecule has 0 radical (unpaired) electrons. The predicted octanol–water partition coefficient (Wildman–Crippen LogP) is 3.23. The van der Waals surface area contributed by atoms with Gasteiger partial charge in [-0.1, -0.05) is 6.07 Å². The van der Waals surface area contributed by atoms with Gasteiger partial charge in [-0.2, -0.15) is 13.2 Å². The van der Waals surface area contributed by atoms with Crippen molar-refractivity contribution in [3.8, 4) is 0 Å². The number of halogens is 4. The number of hydrogen-bond acceptors (Lipinski definition) is 2. The van der Waals surface area contributed by atoms with E-state index in [0.717, 1.165) is 0 Å². The molecule has 0 aromatic heterocycles. The number of hydrogen-bond donors (Lipinski definition) is 1. The summed E-state index contributed by atoms with van der Waals surface area (Å²) >= 11 is 0. The molecule has 0 spiro atoms. The van der Waals surface area contributed by atoms with Gasteiger partial charge < -0.3 is 10.6 Å². The fraction of sp³-hybridized carbons (Fsp3) is 0.500. The highest BCUT2D eigenvalue weighted by atomic mass is 19.4. The average molecular weight is 264 g/mol. The van der Waals surface area contributed by atoms with Gasteiger partial charge in [-0.25, -0.2) is 4.39 Å². The van der Waals surface area contributed by atoms with Crippen LogP contribution in [0.25, 0.3) is 0 Å². The molecule has 1 aromatic carbocycles. The van der Waals surface area contributed by atoms with Crippen LogP contribution in [-0.4, -0.2) is 19.8 Å². The zero-order valence-electron chi connectivity index (χ0n) is 10.3. The van der Waals surface area contributed by atoms with E-state index in [1.54, 1.807) is 13.0 Å². The molecule has 0 unspecified atom stereocenters. The summed E-state index contributed by atoms with van der Waals surface area (Å²) in [6, 6.07) is 4.01. The maximum Gasteiger partial charge on any atom is 0.390 e. The highest BCUT2D eigenvalue weighted by Crippen LogP contribution is 2.25. The smallest absolute Gasteiger partial charge is 0.372 e. The predicted molar refractivity (Wildman–Crippen MR) is 62.9 cm³/mol. The van der Waals surface area contributed by atoms with Gasteiger partial charge in [0.15, 0.2) is 0 Å². The van der Waals surface area contributed by atoms with E-state index in [1.165, 1.54) is 24.1 Å². The molecule has 0 saturated carbocycles. The van der Waals surface area contributed by atoms with Gasteiger partial charge in [0.25, 0.3) is 0 Å². The third-order valence-electron chi connectivity index (χ3n) is 2.64. The van der Waals surface area contributed by atoms with Crippen molar-refractivity contribution in [2.24, 2.45) is 5.73 Å². The minimum atomic E-state index is -4.24. The molecule has 1 aromatic rings. The minimum Gasteiger partial charge on any atom is -0.372 e. The van der Waals surface area contributed by atoms with Crippen LogP contribution in [0, 0.1) is 5.82 Å². The van der Waals surface area contributed by atoms with Crippen LogP contribution in [-0.2, 0) is 0 Å². The van der Waals surface area contributed by atoms with Crippen LogP contribution in [0.3, 0.4) is 0 Å². The van der Waals surface area contributed by atoms with Crippen molar-refractivity contribution < 1.29 is 17.6 Å². The fourth-order valence-electron chi connectivity index (χ4n) is 1.53. The molecule has 0 bridgehead atoms. The Hall–Kier alpha value is -1.30. The molecule has 6 heteroatoms. The topological polar surface area (TPSA) is 29.3 Å². The van der Waals surface area contributed by atoms with Gasteiger partial charge in [0.2, 0.25) is 0 Å². The summed E-state index contributed by atoms with van der Waals surface area (Å²) in [5, 5.41) is 0. The molecular weight excluding hydrogens is 248 g/mol. The summed E-state index contributed by atoms with van der Waals surface area (Å²) in [6.07, 6.45) is -5.21. The Labute approximate surface area is 103 Å². The third kappa shape index (κ3) is 4.18. The normalized spacial score (nSPS) is 13.5. The van der Waals surface area contributed by atoms with E-state index in [4.69, 9.17) is 5.73 Å². The fourth-order valence-corrected chi connectivity index (χ4v) is 1.53. The van der Waals surface area contributed by atoms with Gasteiger partial charge in [-0.05, 0) is 24.6 Å². The first kappa shape index (κ1) is 14.8. The van der Waals surface area contributed by atoms with Crippen molar-refractivity contribution >= 4 is 5.69 Å². The van der Waals surface area contributed by atoms with Crippen molar-refractivity contribution in [2.45, 2.75) is 25.6 Å². The van der Waals surface area contributed by atoms with Crippen molar-refractivity contribution in [2.75, 3.05) is 18.5 Å². The van der Waals surface area contributed by atoms with Gasteiger partial charge in [0.1, 0.15) is 5.82 Å². The number of anilines is 1. The molecular formula is C12H16F4N2. The van der Waals surface area contributed by atoms with Crippen molar-refractivity contribution in [3.05, 3.63) is 29.6 Å². The van der Waals surface area contributed by atoms with Gasteiger partial charge in [0, 0.05) is 19.6 Å². The Bertz CT molecular complexity index is 402. The van der Waals surface area contributed by atoms with Gasteiger partial charge >= 0.3 is 6.18 Å². The number of alkyl halides is 3. The molecule has 2 N–H and O–H groups in total. The van der Waals surface area contributed by atoms with Crippen LogP contribution in [0.1, 0.15) is 24.9 Å². The molecule has 0 fully saturated rings. The molecule has 0 amide bonds. The van der Waals surface area contributed by atoms with Crippen LogP contribution < -0.4 is 10.6 Å². The number of nitrogens with zero attached hydrogens (tertiary/aromatic N) is 1. The van der Waals surface area contributed by atoms with Gasteiger partial charge in [-0.3, -0.25) is 0 Å². The standard InChI is InChI=1S/C12H16F4N2/c1-8(17)9-3-4-11(10(13)7-9)18(2)6-5-12(14,15)16/h3-4,7-8H,5-6,17H2,1-2H3/t8-/m0/s1. The Morgan fingerprint density at radius 2 is 1.94 bits per heavy atom. The second-order valence-electron chi connectivity index (χ2n) is 4.29. The maximum atomic E-state index is 13.7. The van der Waals surface area contributed by atoms with Crippen molar-refractivity contribution in [1.82, 2.24) is 0 Å². The summed E-state index contributed by atoms with van der Waals surface area (Å²) in [7, 11) is 1.43. The maximum absolute atomic E-state index is 13.7. The summed E-state index contributed by atoms with van der Waals surface area (Å²) in [4.78, 5) is 1.24. The van der Waals surface area contributed by atoms with Crippen LogP contribution in [0.5, 0.6) is 0 Å². The monoisotopic (exact) mass is 264 g/mol. The molecule has 1 atom stereocenters. The highest BCUT2D eigenvalue weighted by molar-refractivity contribution is 5.48. The van der Waals surface area contributed by atoms with Crippen LogP contribution in [0.2, 0.25) is 0 Å². The third-order valence-corrected chi connectivity index (χ3v) is 2.64. The summed E-state index contributed by atoms with van der Waals surface area (Å²) in [6.45, 7) is 1.43. The highest BCUT2D eigenvalue weighted by Gasteiger charge is 2.27. The van der Waals surface area contributed by atoms with Crippen LogP contribution in [0.15, 0.2) is 18.2 Å². The second-order valence-corrected chi connectivity index (χ2v) is 4.29. The van der Waals surface area contributed by atoms with E-state index in [1.807, 2.05) is 0 Å². The Morgan fingerprint density at radius 3 is 2.39 bits per heavy atom. The average Bonchev–Trinajstić information content (AvgIpc) is 2.24. The molecule has 0 aliphatic rings. The molecule has 2 nitrogen and oxygen atoms in total. The van der Waals surface area contributed by atoms with Gasteiger partial charge in [-0.15, -0.1) is 0 Å². The number of benzene rings is 1. The number of nitrogens with two attached hydrogens (primary N) is 1. The first-order chi connectivity index (χ1) is 8.20. The quantitative estimate of drug-likeness (QED) is 0.846. The lowest BCUT2D eigenvalue weighted by Crippen LogP contribution is -2.25. The lowest BCUT2D eigenvalue weighted by molar-refractivity contribution is -0.132. The Balaban J connectivity index is 2.77. The summed E-state index contributed by atoms with van der Waals surface area (Å²) in [5.74, 6) is -0.561. The molecule has 18 heavy (non-hydrogen) atoms. The minimum absolute atomic E-state index is 0.142. The SMILES string of the molecule is C[C@H](N)c1ccc(N(C)CCC(F)(F)F)c(F)c1. The lowest BCUT2D eigenvalue weighted by Gasteiger charge is -2.21. The molecule has 102 valence electrons. The first-order valence-corrected chi connectivity index (χ1v) is 5.53. The number of rotatable bonds is 4. The van der Waals surface area contributed by atoms with Crippen molar-refractivity contribution in [3.63, 3.8) is 0 Å². The van der Waals surface area contributed by atoms with Crippen LogP contribution in [0.4, 0.5) is 23.2 Å². The molecule has 0 heterocycles. The molecule has 1 rings (SSSR count). The van der Waals surface area contributed by atoms with E-state index in [9.17, 15) is 17.6 Å². The van der Waals surface area contributed by atoms with Crippen LogP contribution >= 0.6 is 0 Å². The molecule has 0 aliphatic heterocycles. The van der Waals surface area contributed by atoms with Crippen molar-refractivity contribution in [1.29, 1.82) is 0 Å². The first-order valence-electron chi connectivity index (χ1n) is 5.53. The zero-order chi connectivity index (χ0) is 13.9. The molecule has 0 aliphatic carbocycles. The summed E-state index contributed by atoms with van der Waals surface area (Å²) < 4.78 is 49.9. The summed E-state index contributed by atoms with van der Waals surface area (Å²) in [5.41, 5.74) is 6.35. The molecule has 0 saturated heterocycles. The van der Waals surface area contributed by atoms with E-state index in [2.05, 4.69) is 0 Å². The van der Waals surface area contributed by atoms with Gasteiger partial charge in [0.05, 0.1) is 12.1 Å². The second kappa shape index (κ2) is 5.56. The zero-order valence-corrected chi connectivity index (χ0v) is 10.3. The lowest BCUT2D eigenvalue weighted by atomic mass is 10.1. The Kier molecular flexibility index (Phi) is 4.56.